The molecular formula is C17H23N3S. The van der Waals surface area contributed by atoms with Crippen LogP contribution in [0.15, 0.2) is 41.9 Å². The van der Waals surface area contributed by atoms with Gasteiger partial charge in [0.15, 0.2) is 0 Å². The topological polar surface area (TPSA) is 28.2 Å². The summed E-state index contributed by atoms with van der Waals surface area (Å²) in [5.41, 5.74) is 1.41. The van der Waals surface area contributed by atoms with Crippen LogP contribution in [0.4, 0.5) is 0 Å². The molecule has 0 amide bonds. The molecule has 1 N–H and O–H groups in total. The summed E-state index contributed by atoms with van der Waals surface area (Å²) in [5, 5.41) is 7.08. The van der Waals surface area contributed by atoms with Crippen molar-refractivity contribution < 1.29 is 0 Å². The van der Waals surface area contributed by atoms with Crippen LogP contribution in [0, 0.1) is 0 Å². The van der Waals surface area contributed by atoms with Gasteiger partial charge in [-0.2, -0.15) is 0 Å². The van der Waals surface area contributed by atoms with Crippen LogP contribution in [-0.2, 0) is 6.54 Å². The van der Waals surface area contributed by atoms with Gasteiger partial charge in [0, 0.05) is 37.3 Å². The average Bonchev–Trinajstić information content (AvgIpc) is 3.17. The molecule has 112 valence electrons. The maximum absolute atomic E-state index is 4.46. The van der Waals surface area contributed by atoms with Gasteiger partial charge in [0.25, 0.3) is 0 Å². The Morgan fingerprint density at radius 3 is 2.95 bits per heavy atom. The van der Waals surface area contributed by atoms with Crippen LogP contribution in [0.3, 0.4) is 0 Å². The van der Waals surface area contributed by atoms with Gasteiger partial charge in [-0.05, 0) is 18.4 Å². The van der Waals surface area contributed by atoms with Crippen molar-refractivity contribution in [2.45, 2.75) is 38.4 Å². The fourth-order valence-corrected chi connectivity index (χ4v) is 3.79. The van der Waals surface area contributed by atoms with E-state index in [2.05, 4.69) is 57.8 Å². The Balaban J connectivity index is 1.52. The first-order valence-electron chi connectivity index (χ1n) is 7.77. The molecule has 0 saturated carbocycles. The lowest BCUT2D eigenvalue weighted by molar-refractivity contribution is 0.313. The van der Waals surface area contributed by atoms with Crippen molar-refractivity contribution in [1.82, 2.24) is 15.2 Å². The monoisotopic (exact) mass is 301 g/mol. The van der Waals surface area contributed by atoms with Gasteiger partial charge >= 0.3 is 0 Å². The zero-order valence-corrected chi connectivity index (χ0v) is 13.4. The van der Waals surface area contributed by atoms with Crippen molar-refractivity contribution >= 4 is 11.3 Å². The molecule has 3 rings (SSSR count). The summed E-state index contributed by atoms with van der Waals surface area (Å²) < 4.78 is 0. The summed E-state index contributed by atoms with van der Waals surface area (Å²) in [7, 11) is 0. The Bertz CT molecular complexity index is 526. The fourth-order valence-electron chi connectivity index (χ4n) is 3.01. The Hall–Kier alpha value is -1.23. The number of likely N-dealkylation sites (tertiary alicyclic amines) is 1. The van der Waals surface area contributed by atoms with E-state index in [9.17, 15) is 0 Å². The first kappa shape index (κ1) is 14.7. The minimum absolute atomic E-state index is 0.409. The van der Waals surface area contributed by atoms with Crippen molar-refractivity contribution in [3.05, 3.63) is 52.5 Å². The number of hydrogen-bond acceptors (Lipinski definition) is 4. The van der Waals surface area contributed by atoms with Gasteiger partial charge in [-0.15, -0.1) is 11.3 Å². The molecule has 1 saturated heterocycles. The maximum atomic E-state index is 4.46. The second kappa shape index (κ2) is 7.16. The van der Waals surface area contributed by atoms with Crippen molar-refractivity contribution in [3.8, 4) is 0 Å². The predicted molar refractivity (Wildman–Crippen MR) is 88.4 cm³/mol. The second-order valence-corrected chi connectivity index (χ2v) is 6.63. The fraction of sp³-hybridized carbons (Fsp3) is 0.471. The molecule has 1 aliphatic heterocycles. The van der Waals surface area contributed by atoms with E-state index in [0.29, 0.717) is 12.1 Å². The predicted octanol–water partition coefficient (Wildman–Crippen LogP) is 3.46. The minimum Gasteiger partial charge on any atom is -0.304 e. The molecule has 2 aromatic rings. The SMILES string of the molecule is CCC(NC1CCN(Cc2ccccc2)C1)c1nccs1. The van der Waals surface area contributed by atoms with Gasteiger partial charge in [0.05, 0.1) is 6.04 Å². The first-order chi connectivity index (χ1) is 10.3. The molecule has 1 aromatic carbocycles. The molecule has 4 heteroatoms. The number of nitrogens with one attached hydrogen (secondary N) is 1. The van der Waals surface area contributed by atoms with Crippen molar-refractivity contribution in [2.75, 3.05) is 13.1 Å². The van der Waals surface area contributed by atoms with Crippen molar-refractivity contribution in [1.29, 1.82) is 0 Å². The zero-order valence-electron chi connectivity index (χ0n) is 12.5. The lowest BCUT2D eigenvalue weighted by Gasteiger charge is -2.21. The van der Waals surface area contributed by atoms with Crippen LogP contribution in [0.25, 0.3) is 0 Å². The number of benzene rings is 1. The Morgan fingerprint density at radius 1 is 1.38 bits per heavy atom. The smallest absolute Gasteiger partial charge is 0.109 e. The summed E-state index contributed by atoms with van der Waals surface area (Å²) in [4.78, 5) is 7.00. The van der Waals surface area contributed by atoms with Crippen LogP contribution >= 0.6 is 11.3 Å². The van der Waals surface area contributed by atoms with E-state index in [4.69, 9.17) is 0 Å². The number of nitrogens with zero attached hydrogens (tertiary/aromatic N) is 2. The highest BCUT2D eigenvalue weighted by Gasteiger charge is 2.25. The molecule has 21 heavy (non-hydrogen) atoms. The third kappa shape index (κ3) is 3.90. The van der Waals surface area contributed by atoms with E-state index in [1.165, 1.54) is 23.5 Å². The lowest BCUT2D eigenvalue weighted by atomic mass is 10.2. The van der Waals surface area contributed by atoms with Crippen molar-refractivity contribution in [3.63, 3.8) is 0 Å². The molecule has 1 aromatic heterocycles. The molecule has 0 radical (unpaired) electrons. The normalized spacial score (nSPS) is 20.7. The molecule has 3 nitrogen and oxygen atoms in total. The summed E-state index contributed by atoms with van der Waals surface area (Å²) in [6, 6.07) is 11.7. The van der Waals surface area contributed by atoms with Crippen LogP contribution in [0.5, 0.6) is 0 Å². The quantitative estimate of drug-likeness (QED) is 0.885. The first-order valence-corrected chi connectivity index (χ1v) is 8.65. The standard InChI is InChI=1S/C17H23N3S/c1-2-16(17-18-9-11-21-17)19-15-8-10-20(13-15)12-14-6-4-3-5-7-14/h3-7,9,11,15-16,19H,2,8,10,12-13H2,1H3. The molecular weight excluding hydrogens is 278 g/mol. The highest BCUT2D eigenvalue weighted by atomic mass is 32.1. The minimum atomic E-state index is 0.409. The van der Waals surface area contributed by atoms with Crippen LogP contribution in [0.2, 0.25) is 0 Å². The van der Waals surface area contributed by atoms with E-state index in [1.807, 2.05) is 6.20 Å². The van der Waals surface area contributed by atoms with Crippen LogP contribution < -0.4 is 5.32 Å². The van der Waals surface area contributed by atoms with E-state index < -0.39 is 0 Å². The average molecular weight is 301 g/mol. The van der Waals surface area contributed by atoms with Crippen LogP contribution in [-0.4, -0.2) is 29.0 Å². The summed E-state index contributed by atoms with van der Waals surface area (Å²) >= 11 is 1.76. The van der Waals surface area contributed by atoms with Gasteiger partial charge in [-0.1, -0.05) is 37.3 Å². The van der Waals surface area contributed by atoms with Gasteiger partial charge in [-0.25, -0.2) is 4.98 Å². The number of hydrogen-bond donors (Lipinski definition) is 1. The van der Waals surface area contributed by atoms with Gasteiger partial charge in [-0.3, -0.25) is 4.90 Å². The maximum Gasteiger partial charge on any atom is 0.109 e. The van der Waals surface area contributed by atoms with E-state index in [-0.39, 0.29) is 0 Å². The van der Waals surface area contributed by atoms with Crippen molar-refractivity contribution in [2.24, 2.45) is 0 Å². The molecule has 0 aliphatic carbocycles. The summed E-state index contributed by atoms with van der Waals surface area (Å²) in [6.07, 6.45) is 4.23. The zero-order chi connectivity index (χ0) is 14.5. The number of rotatable bonds is 6. The largest absolute Gasteiger partial charge is 0.304 e. The molecule has 2 unspecified atom stereocenters. The van der Waals surface area contributed by atoms with E-state index in [0.717, 1.165) is 19.5 Å². The van der Waals surface area contributed by atoms with Gasteiger partial charge < -0.3 is 5.32 Å². The Labute approximate surface area is 131 Å². The van der Waals surface area contributed by atoms with E-state index >= 15 is 0 Å². The lowest BCUT2D eigenvalue weighted by Crippen LogP contribution is -2.35. The molecule has 0 bridgehead atoms. The Kier molecular flexibility index (Phi) is 5.01. The molecule has 0 spiro atoms. The van der Waals surface area contributed by atoms with Crippen LogP contribution in [0.1, 0.15) is 36.4 Å². The highest BCUT2D eigenvalue weighted by Crippen LogP contribution is 2.22. The Morgan fingerprint density at radius 2 is 2.24 bits per heavy atom. The summed E-state index contributed by atoms with van der Waals surface area (Å²) in [5.74, 6) is 0. The third-order valence-electron chi connectivity index (χ3n) is 4.12. The van der Waals surface area contributed by atoms with Gasteiger partial charge in [0.1, 0.15) is 5.01 Å². The molecule has 1 aliphatic rings. The summed E-state index contributed by atoms with van der Waals surface area (Å²) in [6.45, 7) is 5.61. The third-order valence-corrected chi connectivity index (χ3v) is 5.01. The van der Waals surface area contributed by atoms with E-state index in [1.54, 1.807) is 11.3 Å². The second-order valence-electron chi connectivity index (χ2n) is 5.70. The van der Waals surface area contributed by atoms with Gasteiger partial charge in [0.2, 0.25) is 0 Å². The molecule has 1 fully saturated rings. The number of aromatic nitrogens is 1. The molecule has 2 heterocycles. The number of thiazole rings is 1. The highest BCUT2D eigenvalue weighted by molar-refractivity contribution is 7.09. The molecule has 2 atom stereocenters.